The fourth-order valence-electron chi connectivity index (χ4n) is 5.52. The van der Waals surface area contributed by atoms with Crippen LogP contribution >= 0.6 is 11.3 Å². The van der Waals surface area contributed by atoms with E-state index in [4.69, 9.17) is 9.47 Å². The molecular weight excluding hydrogens is 448 g/mol. The lowest BCUT2D eigenvalue weighted by Gasteiger charge is -2.44. The predicted molar refractivity (Wildman–Crippen MR) is 131 cm³/mol. The van der Waals surface area contributed by atoms with Crippen molar-refractivity contribution < 1.29 is 19.1 Å². The van der Waals surface area contributed by atoms with E-state index >= 15 is 0 Å². The van der Waals surface area contributed by atoms with Gasteiger partial charge in [0.15, 0.2) is 11.5 Å². The van der Waals surface area contributed by atoms with Crippen LogP contribution in [0.1, 0.15) is 58.4 Å². The number of hydrogen-bond acceptors (Lipinski definition) is 5. The number of carbonyl (C=O) groups is 2. The normalized spacial score (nSPS) is 21.9. The number of benzene rings is 2. The minimum absolute atomic E-state index is 0.0317. The highest BCUT2D eigenvalue weighted by Crippen LogP contribution is 2.47. The molecule has 1 aromatic heterocycles. The van der Waals surface area contributed by atoms with Gasteiger partial charge in [-0.3, -0.25) is 9.59 Å². The Labute approximate surface area is 202 Å². The summed E-state index contributed by atoms with van der Waals surface area (Å²) in [6.07, 6.45) is 4.18. The molecule has 0 radical (unpaired) electrons. The van der Waals surface area contributed by atoms with E-state index in [-0.39, 0.29) is 23.9 Å². The zero-order valence-corrected chi connectivity index (χ0v) is 19.6. The second-order valence-corrected chi connectivity index (χ2v) is 10.0. The molecule has 6 rings (SSSR count). The second kappa shape index (κ2) is 8.80. The number of fused-ring (bicyclic) bond motifs is 2. The average molecular weight is 475 g/mol. The van der Waals surface area contributed by atoms with Crippen molar-refractivity contribution in [3.63, 3.8) is 0 Å². The zero-order valence-electron chi connectivity index (χ0n) is 18.7. The molecule has 174 valence electrons. The van der Waals surface area contributed by atoms with Gasteiger partial charge in [-0.2, -0.15) is 0 Å². The summed E-state index contributed by atoms with van der Waals surface area (Å²) in [7, 11) is 0. The molecule has 0 spiro atoms. The minimum atomic E-state index is -0.513. The first kappa shape index (κ1) is 21.2. The number of nitrogens with one attached hydrogen (secondary N) is 1. The highest BCUT2D eigenvalue weighted by atomic mass is 32.1. The molecule has 2 amide bonds. The number of amides is 2. The Bertz CT molecular complexity index is 1220. The average Bonchev–Trinajstić information content (AvgIpc) is 3.58. The van der Waals surface area contributed by atoms with Crippen molar-refractivity contribution in [3.05, 3.63) is 76.0 Å². The van der Waals surface area contributed by atoms with Crippen LogP contribution in [0.5, 0.6) is 11.5 Å². The Morgan fingerprint density at radius 3 is 2.56 bits per heavy atom. The minimum Gasteiger partial charge on any atom is -0.486 e. The molecule has 2 atom stereocenters. The van der Waals surface area contributed by atoms with Crippen molar-refractivity contribution in [3.8, 4) is 11.5 Å². The van der Waals surface area contributed by atoms with Crippen molar-refractivity contribution in [1.82, 2.24) is 4.90 Å². The Kier molecular flexibility index (Phi) is 5.49. The highest BCUT2D eigenvalue weighted by molar-refractivity contribution is 7.10. The summed E-state index contributed by atoms with van der Waals surface area (Å²) in [4.78, 5) is 30.8. The fourth-order valence-corrected chi connectivity index (χ4v) is 6.38. The first-order valence-electron chi connectivity index (χ1n) is 11.9. The molecule has 0 bridgehead atoms. The molecule has 3 aliphatic rings. The summed E-state index contributed by atoms with van der Waals surface area (Å²) < 4.78 is 11.3. The van der Waals surface area contributed by atoms with Crippen LogP contribution in [-0.4, -0.2) is 36.0 Å². The van der Waals surface area contributed by atoms with Crippen LogP contribution in [-0.2, 0) is 4.79 Å². The molecule has 3 aromatic rings. The van der Waals surface area contributed by atoms with Crippen LogP contribution in [0.3, 0.4) is 0 Å². The van der Waals surface area contributed by atoms with Gasteiger partial charge in [-0.15, -0.1) is 11.3 Å². The van der Waals surface area contributed by atoms with Crippen LogP contribution in [0.25, 0.3) is 0 Å². The Balaban J connectivity index is 1.42. The standard InChI is InChI=1S/C27H26N2O4S/c30-26(28-17-11-12-21-22(16-17)33-14-13-32-21)24-19-8-3-4-9-20(19)27(31)29(18-6-1-2-7-18)25(24)23-10-5-15-34-23/h3-5,8-12,15-16,18,24-25H,1-2,6-7,13-14H2,(H,28,30)/t24-,25+/m0/s1. The van der Waals surface area contributed by atoms with E-state index in [0.717, 1.165) is 36.1 Å². The Morgan fingerprint density at radius 1 is 0.971 bits per heavy atom. The molecule has 6 nitrogen and oxygen atoms in total. The van der Waals surface area contributed by atoms with Gasteiger partial charge in [0.25, 0.3) is 5.91 Å². The van der Waals surface area contributed by atoms with E-state index in [9.17, 15) is 9.59 Å². The van der Waals surface area contributed by atoms with E-state index in [2.05, 4.69) is 5.32 Å². The third-order valence-electron chi connectivity index (χ3n) is 7.02. The largest absolute Gasteiger partial charge is 0.486 e. The summed E-state index contributed by atoms with van der Waals surface area (Å²) in [6, 6.07) is 16.9. The van der Waals surface area contributed by atoms with Gasteiger partial charge in [0, 0.05) is 28.2 Å². The SMILES string of the molecule is O=C(Nc1ccc2c(c1)OCCO2)[C@H]1c2ccccc2C(=O)N(C2CCCC2)[C@@H]1c1cccs1. The van der Waals surface area contributed by atoms with Gasteiger partial charge in [-0.05, 0) is 48.1 Å². The lowest BCUT2D eigenvalue weighted by atomic mass is 9.80. The smallest absolute Gasteiger partial charge is 0.254 e. The van der Waals surface area contributed by atoms with Crippen LogP contribution < -0.4 is 14.8 Å². The summed E-state index contributed by atoms with van der Waals surface area (Å²) in [5.74, 6) is 0.705. The van der Waals surface area contributed by atoms with Crippen molar-refractivity contribution in [2.45, 2.75) is 43.7 Å². The second-order valence-electron chi connectivity index (χ2n) is 9.02. The molecule has 0 unspecified atom stereocenters. The Hall–Kier alpha value is -3.32. The maximum absolute atomic E-state index is 14.0. The maximum Gasteiger partial charge on any atom is 0.254 e. The molecule has 1 N–H and O–H groups in total. The van der Waals surface area contributed by atoms with Gasteiger partial charge in [0.2, 0.25) is 5.91 Å². The van der Waals surface area contributed by atoms with Gasteiger partial charge >= 0.3 is 0 Å². The summed E-state index contributed by atoms with van der Waals surface area (Å²) >= 11 is 1.60. The first-order chi connectivity index (χ1) is 16.7. The zero-order chi connectivity index (χ0) is 23.1. The number of hydrogen-bond donors (Lipinski definition) is 1. The summed E-state index contributed by atoms with van der Waals surface area (Å²) in [5, 5.41) is 5.13. The third kappa shape index (κ3) is 3.64. The Morgan fingerprint density at radius 2 is 1.76 bits per heavy atom. The molecule has 1 fully saturated rings. The van der Waals surface area contributed by atoms with Gasteiger partial charge in [-0.25, -0.2) is 0 Å². The van der Waals surface area contributed by atoms with Gasteiger partial charge in [-0.1, -0.05) is 37.1 Å². The fraction of sp³-hybridized carbons (Fsp3) is 0.333. The van der Waals surface area contributed by atoms with Crippen LogP contribution in [0, 0.1) is 0 Å². The van der Waals surface area contributed by atoms with Crippen LogP contribution in [0.15, 0.2) is 60.0 Å². The van der Waals surface area contributed by atoms with Crippen LogP contribution in [0.4, 0.5) is 5.69 Å². The number of ether oxygens (including phenoxy) is 2. The molecule has 0 saturated heterocycles. The molecule has 2 aromatic carbocycles. The lowest BCUT2D eigenvalue weighted by Crippen LogP contribution is -2.49. The van der Waals surface area contributed by atoms with Gasteiger partial charge in [0.05, 0.1) is 12.0 Å². The lowest BCUT2D eigenvalue weighted by molar-refractivity contribution is -0.119. The number of carbonyl (C=O) groups excluding carboxylic acids is 2. The number of thiophene rings is 1. The van der Waals surface area contributed by atoms with Crippen molar-refractivity contribution in [2.24, 2.45) is 0 Å². The molecule has 34 heavy (non-hydrogen) atoms. The van der Waals surface area contributed by atoms with E-state index in [1.165, 1.54) is 0 Å². The molecular formula is C27H26N2O4S. The quantitative estimate of drug-likeness (QED) is 0.551. The molecule has 7 heteroatoms. The summed E-state index contributed by atoms with van der Waals surface area (Å²) in [6.45, 7) is 1.00. The van der Waals surface area contributed by atoms with Gasteiger partial charge < -0.3 is 19.7 Å². The molecule has 3 heterocycles. The summed E-state index contributed by atoms with van der Waals surface area (Å²) in [5.41, 5.74) is 2.07. The predicted octanol–water partition coefficient (Wildman–Crippen LogP) is 5.38. The maximum atomic E-state index is 14.0. The van der Waals surface area contributed by atoms with Gasteiger partial charge in [0.1, 0.15) is 13.2 Å². The molecule has 2 aliphatic heterocycles. The van der Waals surface area contributed by atoms with Crippen molar-refractivity contribution in [1.29, 1.82) is 0 Å². The van der Waals surface area contributed by atoms with Crippen LogP contribution in [0.2, 0.25) is 0 Å². The molecule has 1 aliphatic carbocycles. The number of anilines is 1. The van der Waals surface area contributed by atoms with E-state index in [1.54, 1.807) is 17.4 Å². The number of nitrogens with zero attached hydrogens (tertiary/aromatic N) is 1. The first-order valence-corrected chi connectivity index (χ1v) is 12.7. The van der Waals surface area contributed by atoms with E-state index < -0.39 is 5.92 Å². The number of rotatable bonds is 4. The third-order valence-corrected chi connectivity index (χ3v) is 7.96. The van der Waals surface area contributed by atoms with E-state index in [0.29, 0.717) is 36.0 Å². The molecule has 1 saturated carbocycles. The van der Waals surface area contributed by atoms with Crippen molar-refractivity contribution in [2.75, 3.05) is 18.5 Å². The monoisotopic (exact) mass is 474 g/mol. The van der Waals surface area contributed by atoms with E-state index in [1.807, 2.05) is 58.8 Å². The topological polar surface area (TPSA) is 67.9 Å². The van der Waals surface area contributed by atoms with Crippen molar-refractivity contribution >= 4 is 28.8 Å². The highest BCUT2D eigenvalue weighted by Gasteiger charge is 2.47.